The summed E-state index contributed by atoms with van der Waals surface area (Å²) >= 11 is 4.15. The zero-order chi connectivity index (χ0) is 20.4. The van der Waals surface area contributed by atoms with Gasteiger partial charge in [0.25, 0.3) is 5.91 Å². The van der Waals surface area contributed by atoms with Gasteiger partial charge in [-0.1, -0.05) is 6.07 Å². The van der Waals surface area contributed by atoms with E-state index < -0.39 is 5.82 Å². The highest BCUT2D eigenvalue weighted by atomic mass is 32.1. The minimum Gasteiger partial charge on any atom is -0.326 e. The average molecular weight is 445 g/mol. The number of amides is 2. The summed E-state index contributed by atoms with van der Waals surface area (Å²) in [5.74, 6) is -1.16. The fraction of sp³-hybridized carbons (Fsp3) is 0.0526. The molecule has 0 saturated heterocycles. The Morgan fingerprint density at radius 1 is 1.03 bits per heavy atom. The lowest BCUT2D eigenvalue weighted by atomic mass is 10.1. The minimum absolute atomic E-state index is 0.278. The van der Waals surface area contributed by atoms with Crippen molar-refractivity contribution in [1.29, 1.82) is 0 Å². The molecule has 3 heterocycles. The molecule has 0 fully saturated rings. The number of thiophene rings is 1. The number of hydrogen-bond acceptors (Lipinski definition) is 7. The van der Waals surface area contributed by atoms with E-state index >= 15 is 0 Å². The maximum Gasteiger partial charge on any atom is 0.276 e. The van der Waals surface area contributed by atoms with Gasteiger partial charge in [0.05, 0.1) is 10.6 Å². The Labute approximate surface area is 177 Å². The maximum atomic E-state index is 14.4. The molecule has 29 heavy (non-hydrogen) atoms. The zero-order valence-corrected chi connectivity index (χ0v) is 17.4. The van der Waals surface area contributed by atoms with Gasteiger partial charge in [-0.05, 0) is 29.6 Å². The number of benzene rings is 1. The molecule has 0 aliphatic rings. The van der Waals surface area contributed by atoms with Crippen LogP contribution >= 0.6 is 34.0 Å². The number of carbonyl (C=O) groups is 2. The quantitative estimate of drug-likeness (QED) is 0.435. The smallest absolute Gasteiger partial charge is 0.276 e. The van der Waals surface area contributed by atoms with Gasteiger partial charge in [-0.15, -0.1) is 34.0 Å². The summed E-state index contributed by atoms with van der Waals surface area (Å²) in [5.41, 5.74) is 1.35. The highest BCUT2D eigenvalue weighted by Crippen LogP contribution is 2.30. The van der Waals surface area contributed by atoms with Crippen molar-refractivity contribution < 1.29 is 14.0 Å². The van der Waals surface area contributed by atoms with E-state index in [9.17, 15) is 14.0 Å². The average Bonchev–Trinajstić information content (AvgIpc) is 3.42. The SMILES string of the molecule is CC(=O)Nc1ccc(-c2csc(NC(=O)c3csc(-c4cccs4)n3)n2)c(F)c1. The van der Waals surface area contributed by atoms with E-state index in [2.05, 4.69) is 20.6 Å². The molecule has 3 aromatic heterocycles. The van der Waals surface area contributed by atoms with E-state index in [0.29, 0.717) is 22.2 Å². The molecule has 146 valence electrons. The first kappa shape index (κ1) is 19.4. The molecule has 0 unspecified atom stereocenters. The highest BCUT2D eigenvalue weighted by Gasteiger charge is 2.16. The molecule has 4 aromatic rings. The number of nitrogens with zero attached hydrogens (tertiary/aromatic N) is 2. The molecular weight excluding hydrogens is 431 g/mol. The van der Waals surface area contributed by atoms with Crippen LogP contribution in [0.15, 0.2) is 46.5 Å². The first-order chi connectivity index (χ1) is 14.0. The number of hydrogen-bond donors (Lipinski definition) is 2. The van der Waals surface area contributed by atoms with Crippen LogP contribution in [0.25, 0.3) is 21.1 Å². The lowest BCUT2D eigenvalue weighted by Gasteiger charge is -2.04. The second-order valence-electron chi connectivity index (χ2n) is 5.88. The van der Waals surface area contributed by atoms with Crippen molar-refractivity contribution >= 4 is 56.6 Å². The molecule has 2 N–H and O–H groups in total. The molecule has 0 bridgehead atoms. The van der Waals surface area contributed by atoms with E-state index in [1.54, 1.807) is 28.2 Å². The summed E-state index contributed by atoms with van der Waals surface area (Å²) in [5, 5.41) is 11.7. The zero-order valence-electron chi connectivity index (χ0n) is 14.9. The molecule has 0 spiro atoms. The Morgan fingerprint density at radius 2 is 1.90 bits per heavy atom. The summed E-state index contributed by atoms with van der Waals surface area (Å²) < 4.78 is 14.4. The van der Waals surface area contributed by atoms with Crippen molar-refractivity contribution in [2.75, 3.05) is 10.6 Å². The lowest BCUT2D eigenvalue weighted by molar-refractivity contribution is -0.114. The molecule has 1 aromatic carbocycles. The minimum atomic E-state index is -0.514. The topological polar surface area (TPSA) is 84.0 Å². The van der Waals surface area contributed by atoms with Crippen LogP contribution in [0.4, 0.5) is 15.2 Å². The first-order valence-electron chi connectivity index (χ1n) is 8.33. The number of thiazole rings is 2. The number of nitrogens with one attached hydrogen (secondary N) is 2. The second kappa shape index (κ2) is 8.19. The normalized spacial score (nSPS) is 10.7. The summed E-state index contributed by atoms with van der Waals surface area (Å²) in [6.07, 6.45) is 0. The summed E-state index contributed by atoms with van der Waals surface area (Å²) in [6.45, 7) is 1.35. The van der Waals surface area contributed by atoms with Gasteiger partial charge in [0.1, 0.15) is 16.5 Å². The Morgan fingerprint density at radius 3 is 2.62 bits per heavy atom. The van der Waals surface area contributed by atoms with E-state index in [1.807, 2.05) is 17.5 Å². The van der Waals surface area contributed by atoms with Crippen LogP contribution in [0.2, 0.25) is 0 Å². The van der Waals surface area contributed by atoms with Gasteiger partial charge in [-0.25, -0.2) is 14.4 Å². The van der Waals surface area contributed by atoms with Crippen LogP contribution in [-0.2, 0) is 4.79 Å². The third kappa shape index (κ3) is 4.39. The predicted octanol–water partition coefficient (Wildman–Crippen LogP) is 5.34. The van der Waals surface area contributed by atoms with Crippen molar-refractivity contribution in [3.8, 4) is 21.1 Å². The highest BCUT2D eigenvalue weighted by molar-refractivity contribution is 7.20. The Bertz CT molecular complexity index is 1180. The second-order valence-corrected chi connectivity index (χ2v) is 8.55. The molecule has 4 rings (SSSR count). The summed E-state index contributed by atoms with van der Waals surface area (Å²) in [4.78, 5) is 33.2. The number of anilines is 2. The summed E-state index contributed by atoms with van der Waals surface area (Å²) in [6, 6.07) is 8.24. The van der Waals surface area contributed by atoms with Crippen LogP contribution < -0.4 is 10.6 Å². The Kier molecular flexibility index (Phi) is 5.47. The van der Waals surface area contributed by atoms with Crippen molar-refractivity contribution in [1.82, 2.24) is 9.97 Å². The Balaban J connectivity index is 1.48. The van der Waals surface area contributed by atoms with Gasteiger partial charge in [-0.3, -0.25) is 14.9 Å². The standard InChI is InChI=1S/C19H13FN4O2S3/c1-10(25)21-11-4-5-12(13(20)7-11)14-8-29-19(23-14)24-17(26)15-9-28-18(22-15)16-3-2-6-27-16/h2-9H,1H3,(H,21,25)(H,23,24,26). The monoisotopic (exact) mass is 444 g/mol. The Hall–Kier alpha value is -2.95. The van der Waals surface area contributed by atoms with E-state index in [-0.39, 0.29) is 17.4 Å². The van der Waals surface area contributed by atoms with E-state index in [4.69, 9.17) is 0 Å². The molecule has 0 aliphatic carbocycles. The number of halogens is 1. The number of carbonyl (C=O) groups excluding carboxylic acids is 2. The van der Waals surface area contributed by atoms with E-state index in [1.165, 1.54) is 41.7 Å². The first-order valence-corrected chi connectivity index (χ1v) is 11.0. The maximum absolute atomic E-state index is 14.4. The van der Waals surface area contributed by atoms with Gasteiger partial charge in [0.15, 0.2) is 5.13 Å². The van der Waals surface area contributed by atoms with Gasteiger partial charge in [0, 0.05) is 28.9 Å². The molecule has 0 atom stereocenters. The molecule has 0 aliphatic heterocycles. The van der Waals surface area contributed by atoms with Crippen molar-refractivity contribution in [2.45, 2.75) is 6.92 Å². The van der Waals surface area contributed by atoms with Gasteiger partial charge < -0.3 is 5.32 Å². The molecule has 2 amide bonds. The third-order valence-electron chi connectivity index (χ3n) is 3.76. The van der Waals surface area contributed by atoms with Crippen LogP contribution in [0.3, 0.4) is 0 Å². The van der Waals surface area contributed by atoms with Crippen molar-refractivity contribution in [2.24, 2.45) is 0 Å². The molecule has 0 saturated carbocycles. The molecule has 0 radical (unpaired) electrons. The molecule has 10 heteroatoms. The van der Waals surface area contributed by atoms with Crippen LogP contribution in [-0.4, -0.2) is 21.8 Å². The van der Waals surface area contributed by atoms with Crippen LogP contribution in [0.1, 0.15) is 17.4 Å². The third-order valence-corrected chi connectivity index (χ3v) is 6.40. The summed E-state index contributed by atoms with van der Waals surface area (Å²) in [7, 11) is 0. The van der Waals surface area contributed by atoms with Gasteiger partial charge in [0.2, 0.25) is 5.91 Å². The van der Waals surface area contributed by atoms with Crippen molar-refractivity contribution in [3.05, 3.63) is 58.0 Å². The van der Waals surface area contributed by atoms with Gasteiger partial charge in [-0.2, -0.15) is 0 Å². The fourth-order valence-corrected chi connectivity index (χ4v) is 4.83. The molecular formula is C19H13FN4O2S3. The fourth-order valence-electron chi connectivity index (χ4n) is 2.51. The molecule has 6 nitrogen and oxygen atoms in total. The van der Waals surface area contributed by atoms with Crippen LogP contribution in [0, 0.1) is 5.82 Å². The van der Waals surface area contributed by atoms with E-state index in [0.717, 1.165) is 9.88 Å². The van der Waals surface area contributed by atoms with Gasteiger partial charge >= 0.3 is 0 Å². The number of aromatic nitrogens is 2. The van der Waals surface area contributed by atoms with Crippen LogP contribution in [0.5, 0.6) is 0 Å². The largest absolute Gasteiger partial charge is 0.326 e. The lowest BCUT2D eigenvalue weighted by Crippen LogP contribution is -2.12. The predicted molar refractivity (Wildman–Crippen MR) is 115 cm³/mol. The van der Waals surface area contributed by atoms with Crippen molar-refractivity contribution in [3.63, 3.8) is 0 Å². The number of rotatable bonds is 5.